The molecule has 0 spiro atoms. The number of aliphatic hydroxyl groups excluding tert-OH is 1. The molecule has 1 aliphatic rings. The fourth-order valence-electron chi connectivity index (χ4n) is 2.30. The number of aliphatic hydroxyl groups is 1. The molecule has 1 saturated heterocycles. The molecule has 1 fully saturated rings. The lowest BCUT2D eigenvalue weighted by Crippen LogP contribution is -2.47. The first-order valence-corrected chi connectivity index (χ1v) is 7.10. The van der Waals surface area contributed by atoms with E-state index in [2.05, 4.69) is 43.9 Å². The van der Waals surface area contributed by atoms with Crippen LogP contribution in [-0.2, 0) is 6.54 Å². The van der Waals surface area contributed by atoms with E-state index in [-0.39, 0.29) is 6.61 Å². The summed E-state index contributed by atoms with van der Waals surface area (Å²) in [5.74, 6) is 0. The van der Waals surface area contributed by atoms with E-state index < -0.39 is 0 Å². The Morgan fingerprint density at radius 1 is 1.17 bits per heavy atom. The van der Waals surface area contributed by atoms with Gasteiger partial charge in [0, 0.05) is 49.4 Å². The van der Waals surface area contributed by atoms with Gasteiger partial charge in [0.1, 0.15) is 0 Å². The second-order valence-corrected chi connectivity index (χ2v) is 5.49. The lowest BCUT2D eigenvalue weighted by atomic mass is 10.1. The van der Waals surface area contributed by atoms with Crippen molar-refractivity contribution < 1.29 is 5.11 Å². The summed E-state index contributed by atoms with van der Waals surface area (Å²) in [5, 5.41) is 8.93. The van der Waals surface area contributed by atoms with E-state index >= 15 is 0 Å². The van der Waals surface area contributed by atoms with Gasteiger partial charge >= 0.3 is 0 Å². The smallest absolute Gasteiger partial charge is 0.0558 e. The van der Waals surface area contributed by atoms with Gasteiger partial charge in [-0.15, -0.1) is 0 Å². The van der Waals surface area contributed by atoms with Crippen LogP contribution in [0.25, 0.3) is 0 Å². The van der Waals surface area contributed by atoms with Gasteiger partial charge in [-0.2, -0.15) is 0 Å². The summed E-state index contributed by atoms with van der Waals surface area (Å²) in [5.41, 5.74) is 8.08. The Kier molecular flexibility index (Phi) is 5.00. The fourth-order valence-corrected chi connectivity index (χ4v) is 2.83. The molecule has 1 heterocycles. The Bertz CT molecular complexity index is 392. The summed E-state index contributed by atoms with van der Waals surface area (Å²) in [7, 11) is 0. The van der Waals surface area contributed by atoms with Crippen molar-refractivity contribution in [1.29, 1.82) is 0 Å². The number of nitrogens with zero attached hydrogens (tertiary/aromatic N) is 2. The number of β-amino-alcohol motifs (C(OH)–C–C–N with tert-alkyl or cyclic N) is 1. The van der Waals surface area contributed by atoms with Crippen molar-refractivity contribution in [3.8, 4) is 0 Å². The van der Waals surface area contributed by atoms with E-state index in [0.29, 0.717) is 6.54 Å². The molecule has 5 heteroatoms. The van der Waals surface area contributed by atoms with Crippen molar-refractivity contribution in [2.45, 2.75) is 6.54 Å². The second kappa shape index (κ2) is 6.52. The quantitative estimate of drug-likeness (QED) is 0.871. The Morgan fingerprint density at radius 2 is 1.89 bits per heavy atom. The fraction of sp³-hybridized carbons (Fsp3) is 0.538. The van der Waals surface area contributed by atoms with Gasteiger partial charge in [-0.25, -0.2) is 0 Å². The van der Waals surface area contributed by atoms with E-state index in [1.807, 2.05) is 0 Å². The Hall–Kier alpha value is -0.620. The molecule has 0 atom stereocenters. The number of piperazine rings is 1. The highest BCUT2D eigenvalue weighted by Crippen LogP contribution is 2.23. The zero-order valence-corrected chi connectivity index (χ0v) is 12.1. The Balaban J connectivity index is 2.02. The first kappa shape index (κ1) is 13.8. The zero-order chi connectivity index (χ0) is 13.0. The third kappa shape index (κ3) is 3.45. The SMILES string of the molecule is NCc1cc(Br)cc(N2CCN(CCO)CC2)c1. The normalized spacial score (nSPS) is 17.2. The highest BCUT2D eigenvalue weighted by Gasteiger charge is 2.17. The topological polar surface area (TPSA) is 52.7 Å². The van der Waals surface area contributed by atoms with Crippen molar-refractivity contribution in [3.63, 3.8) is 0 Å². The molecule has 1 aliphatic heterocycles. The molecule has 0 aromatic heterocycles. The number of nitrogens with two attached hydrogens (primary N) is 1. The molecule has 0 radical (unpaired) electrons. The minimum Gasteiger partial charge on any atom is -0.395 e. The van der Waals surface area contributed by atoms with Gasteiger partial charge in [-0.05, 0) is 23.8 Å². The van der Waals surface area contributed by atoms with Crippen LogP contribution in [0.1, 0.15) is 5.56 Å². The molecule has 0 unspecified atom stereocenters. The standard InChI is InChI=1S/C13H20BrN3O/c14-12-7-11(10-15)8-13(9-12)17-3-1-16(2-4-17)5-6-18/h7-9,18H,1-6,10,15H2. The van der Waals surface area contributed by atoms with Crippen molar-refractivity contribution in [2.24, 2.45) is 5.73 Å². The van der Waals surface area contributed by atoms with E-state index in [9.17, 15) is 0 Å². The van der Waals surface area contributed by atoms with Gasteiger partial charge in [0.05, 0.1) is 6.61 Å². The minimum absolute atomic E-state index is 0.244. The molecular weight excluding hydrogens is 294 g/mol. The molecule has 2 rings (SSSR count). The van der Waals surface area contributed by atoms with E-state index in [4.69, 9.17) is 10.8 Å². The molecule has 0 amide bonds. The van der Waals surface area contributed by atoms with Crippen LogP contribution in [0.5, 0.6) is 0 Å². The van der Waals surface area contributed by atoms with Crippen LogP contribution in [0.2, 0.25) is 0 Å². The first-order valence-electron chi connectivity index (χ1n) is 6.30. The van der Waals surface area contributed by atoms with Gasteiger partial charge in [-0.1, -0.05) is 15.9 Å². The van der Waals surface area contributed by atoms with Crippen LogP contribution in [-0.4, -0.2) is 49.3 Å². The lowest BCUT2D eigenvalue weighted by molar-refractivity contribution is 0.189. The van der Waals surface area contributed by atoms with E-state index in [0.717, 1.165) is 42.8 Å². The largest absolute Gasteiger partial charge is 0.395 e. The predicted molar refractivity (Wildman–Crippen MR) is 77.8 cm³/mol. The minimum atomic E-state index is 0.244. The maximum atomic E-state index is 8.93. The molecular formula is C13H20BrN3O. The van der Waals surface area contributed by atoms with Gasteiger partial charge in [0.25, 0.3) is 0 Å². The van der Waals surface area contributed by atoms with Gasteiger partial charge in [0.15, 0.2) is 0 Å². The van der Waals surface area contributed by atoms with E-state index in [1.165, 1.54) is 5.69 Å². The molecule has 0 bridgehead atoms. The molecule has 1 aromatic rings. The summed E-state index contributed by atoms with van der Waals surface area (Å²) in [4.78, 5) is 4.66. The molecule has 4 nitrogen and oxygen atoms in total. The van der Waals surface area contributed by atoms with Gasteiger partial charge in [-0.3, -0.25) is 4.90 Å². The summed E-state index contributed by atoms with van der Waals surface area (Å²) >= 11 is 3.53. The van der Waals surface area contributed by atoms with E-state index in [1.54, 1.807) is 0 Å². The number of rotatable bonds is 4. The summed E-state index contributed by atoms with van der Waals surface area (Å²) < 4.78 is 1.08. The van der Waals surface area contributed by atoms with Gasteiger partial charge < -0.3 is 15.7 Å². The van der Waals surface area contributed by atoms with Crippen molar-refractivity contribution in [2.75, 3.05) is 44.2 Å². The van der Waals surface area contributed by atoms with Gasteiger partial charge in [0.2, 0.25) is 0 Å². The van der Waals surface area contributed by atoms with Crippen LogP contribution in [0, 0.1) is 0 Å². The van der Waals surface area contributed by atoms with Crippen molar-refractivity contribution in [1.82, 2.24) is 4.90 Å². The van der Waals surface area contributed by atoms with Crippen LogP contribution < -0.4 is 10.6 Å². The lowest BCUT2D eigenvalue weighted by Gasteiger charge is -2.36. The number of anilines is 1. The van der Waals surface area contributed by atoms with Crippen LogP contribution >= 0.6 is 15.9 Å². The summed E-state index contributed by atoms with van der Waals surface area (Å²) in [6.07, 6.45) is 0. The average molecular weight is 314 g/mol. The van der Waals surface area contributed by atoms with Crippen molar-refractivity contribution >= 4 is 21.6 Å². The maximum absolute atomic E-state index is 8.93. The third-order valence-electron chi connectivity index (χ3n) is 3.33. The maximum Gasteiger partial charge on any atom is 0.0558 e. The number of benzene rings is 1. The highest BCUT2D eigenvalue weighted by atomic mass is 79.9. The van der Waals surface area contributed by atoms with Crippen LogP contribution in [0.4, 0.5) is 5.69 Å². The number of hydrogen-bond acceptors (Lipinski definition) is 4. The molecule has 18 heavy (non-hydrogen) atoms. The number of hydrogen-bond donors (Lipinski definition) is 2. The first-order chi connectivity index (χ1) is 8.72. The average Bonchev–Trinajstić information content (AvgIpc) is 2.39. The highest BCUT2D eigenvalue weighted by molar-refractivity contribution is 9.10. The summed E-state index contributed by atoms with van der Waals surface area (Å²) in [6, 6.07) is 6.36. The third-order valence-corrected chi connectivity index (χ3v) is 3.79. The second-order valence-electron chi connectivity index (χ2n) is 4.57. The van der Waals surface area contributed by atoms with Crippen molar-refractivity contribution in [3.05, 3.63) is 28.2 Å². The Morgan fingerprint density at radius 3 is 2.50 bits per heavy atom. The van der Waals surface area contributed by atoms with Crippen LogP contribution in [0.3, 0.4) is 0 Å². The molecule has 0 aliphatic carbocycles. The Labute approximate surface area is 117 Å². The molecule has 0 saturated carbocycles. The summed E-state index contributed by atoms with van der Waals surface area (Å²) in [6.45, 7) is 5.60. The van der Waals surface area contributed by atoms with Crippen LogP contribution in [0.15, 0.2) is 22.7 Å². The zero-order valence-electron chi connectivity index (χ0n) is 10.5. The monoisotopic (exact) mass is 313 g/mol. The molecule has 100 valence electrons. The number of halogens is 1. The molecule has 3 N–H and O–H groups in total. The molecule has 1 aromatic carbocycles. The predicted octanol–water partition coefficient (Wildman–Crippen LogP) is 1.02.